The molecule has 0 aliphatic rings. The predicted octanol–water partition coefficient (Wildman–Crippen LogP) is 4.17. The number of aliphatic hydroxyl groups is 1. The standard InChI is InChI=1S/C24H23FN2O4/c1-29-21-4-2-3-16(11-21)13-26-14-19(28)15-30-20-8-5-17(6-9-20)24-22-10-7-18(25)12-23(22)27-31-24/h2-12,19,26,28H,13-15H2,1H3/t19-/m1/s1. The van der Waals surface area contributed by atoms with Gasteiger partial charge in [0.15, 0.2) is 5.76 Å². The molecule has 0 unspecified atom stereocenters. The van der Waals surface area contributed by atoms with E-state index < -0.39 is 6.10 Å². The van der Waals surface area contributed by atoms with E-state index in [1.807, 2.05) is 36.4 Å². The van der Waals surface area contributed by atoms with Crippen molar-refractivity contribution >= 4 is 10.9 Å². The van der Waals surface area contributed by atoms with Crippen molar-refractivity contribution in [2.24, 2.45) is 0 Å². The molecule has 0 aliphatic heterocycles. The molecule has 0 saturated carbocycles. The average Bonchev–Trinajstić information content (AvgIpc) is 3.21. The monoisotopic (exact) mass is 422 g/mol. The van der Waals surface area contributed by atoms with Crippen LogP contribution in [-0.2, 0) is 6.54 Å². The van der Waals surface area contributed by atoms with Crippen LogP contribution >= 0.6 is 0 Å². The molecule has 7 heteroatoms. The van der Waals surface area contributed by atoms with Crippen molar-refractivity contribution in [1.82, 2.24) is 10.5 Å². The smallest absolute Gasteiger partial charge is 0.174 e. The Labute approximate surface area is 179 Å². The summed E-state index contributed by atoms with van der Waals surface area (Å²) in [5.74, 6) is 1.65. The fourth-order valence-electron chi connectivity index (χ4n) is 3.24. The first-order valence-electron chi connectivity index (χ1n) is 9.92. The highest BCUT2D eigenvalue weighted by atomic mass is 19.1. The Morgan fingerprint density at radius 2 is 1.90 bits per heavy atom. The van der Waals surface area contributed by atoms with Crippen LogP contribution in [0.3, 0.4) is 0 Å². The Morgan fingerprint density at radius 3 is 2.71 bits per heavy atom. The molecule has 0 spiro atoms. The minimum atomic E-state index is -0.654. The van der Waals surface area contributed by atoms with Crippen molar-refractivity contribution in [3.8, 4) is 22.8 Å². The molecule has 4 aromatic rings. The molecule has 0 fully saturated rings. The highest BCUT2D eigenvalue weighted by molar-refractivity contribution is 5.91. The van der Waals surface area contributed by atoms with E-state index in [0.29, 0.717) is 30.1 Å². The van der Waals surface area contributed by atoms with Gasteiger partial charge in [-0.1, -0.05) is 17.3 Å². The lowest BCUT2D eigenvalue weighted by molar-refractivity contribution is 0.106. The Morgan fingerprint density at radius 1 is 1.06 bits per heavy atom. The Kier molecular flexibility index (Phi) is 6.45. The molecule has 4 rings (SSSR count). The van der Waals surface area contributed by atoms with Gasteiger partial charge in [0.05, 0.1) is 7.11 Å². The maximum Gasteiger partial charge on any atom is 0.174 e. The van der Waals surface area contributed by atoms with Gasteiger partial charge in [0.25, 0.3) is 0 Å². The van der Waals surface area contributed by atoms with Crippen LogP contribution in [0.1, 0.15) is 5.56 Å². The van der Waals surface area contributed by atoms with Gasteiger partial charge in [0.1, 0.15) is 35.5 Å². The van der Waals surface area contributed by atoms with Crippen molar-refractivity contribution in [2.45, 2.75) is 12.6 Å². The lowest BCUT2D eigenvalue weighted by Gasteiger charge is -2.14. The molecule has 2 N–H and O–H groups in total. The third-order valence-corrected chi connectivity index (χ3v) is 4.84. The molecule has 6 nitrogen and oxygen atoms in total. The molecule has 31 heavy (non-hydrogen) atoms. The van der Waals surface area contributed by atoms with E-state index in [1.165, 1.54) is 12.1 Å². The SMILES string of the molecule is COc1cccc(CNC[C@@H](O)COc2ccc(-c3onc4cc(F)ccc34)cc2)c1. The number of hydrogen-bond donors (Lipinski definition) is 2. The Balaban J connectivity index is 1.28. The highest BCUT2D eigenvalue weighted by Gasteiger charge is 2.12. The Bertz CT molecular complexity index is 1140. The normalized spacial score (nSPS) is 12.1. The van der Waals surface area contributed by atoms with Crippen LogP contribution in [0.25, 0.3) is 22.2 Å². The van der Waals surface area contributed by atoms with E-state index in [4.69, 9.17) is 14.0 Å². The van der Waals surface area contributed by atoms with E-state index in [-0.39, 0.29) is 12.4 Å². The first kappa shape index (κ1) is 20.8. The van der Waals surface area contributed by atoms with Gasteiger partial charge in [-0.05, 0) is 54.1 Å². The minimum Gasteiger partial charge on any atom is -0.497 e. The number of methoxy groups -OCH3 is 1. The van der Waals surface area contributed by atoms with Gasteiger partial charge in [0.2, 0.25) is 0 Å². The first-order chi connectivity index (χ1) is 15.1. The summed E-state index contributed by atoms with van der Waals surface area (Å²) in [5.41, 5.74) is 2.35. The van der Waals surface area contributed by atoms with Crippen LogP contribution in [0.4, 0.5) is 4.39 Å². The lowest BCUT2D eigenvalue weighted by atomic mass is 10.1. The van der Waals surface area contributed by atoms with E-state index in [0.717, 1.165) is 22.3 Å². The number of benzene rings is 3. The molecule has 0 aliphatic carbocycles. The van der Waals surface area contributed by atoms with Crippen molar-refractivity contribution < 1.29 is 23.5 Å². The van der Waals surface area contributed by atoms with Gasteiger partial charge in [-0.25, -0.2) is 4.39 Å². The van der Waals surface area contributed by atoms with Crippen molar-refractivity contribution in [3.63, 3.8) is 0 Å². The molecule has 0 saturated heterocycles. The first-order valence-corrected chi connectivity index (χ1v) is 9.92. The number of ether oxygens (including phenoxy) is 2. The summed E-state index contributed by atoms with van der Waals surface area (Å²) in [6.07, 6.45) is -0.654. The number of nitrogens with zero attached hydrogens (tertiary/aromatic N) is 1. The molecular formula is C24H23FN2O4. The van der Waals surface area contributed by atoms with Gasteiger partial charge < -0.3 is 24.4 Å². The zero-order valence-corrected chi connectivity index (χ0v) is 17.0. The van der Waals surface area contributed by atoms with Crippen LogP contribution in [-0.4, -0.2) is 36.6 Å². The summed E-state index contributed by atoms with van der Waals surface area (Å²) in [6, 6.07) is 19.4. The topological polar surface area (TPSA) is 76.8 Å². The molecule has 0 bridgehead atoms. The van der Waals surface area contributed by atoms with Crippen molar-refractivity contribution in [1.29, 1.82) is 0 Å². The number of rotatable bonds is 9. The van der Waals surface area contributed by atoms with Crippen LogP contribution < -0.4 is 14.8 Å². The van der Waals surface area contributed by atoms with E-state index >= 15 is 0 Å². The maximum atomic E-state index is 13.3. The molecule has 1 heterocycles. The molecule has 1 aromatic heterocycles. The van der Waals surface area contributed by atoms with Crippen LogP contribution in [0.5, 0.6) is 11.5 Å². The van der Waals surface area contributed by atoms with E-state index in [1.54, 1.807) is 25.3 Å². The summed E-state index contributed by atoms with van der Waals surface area (Å²) >= 11 is 0. The van der Waals surface area contributed by atoms with Crippen LogP contribution in [0.2, 0.25) is 0 Å². The maximum absolute atomic E-state index is 13.3. The van der Waals surface area contributed by atoms with Gasteiger partial charge >= 0.3 is 0 Å². The van der Waals surface area contributed by atoms with E-state index in [2.05, 4.69) is 10.5 Å². The van der Waals surface area contributed by atoms with Crippen LogP contribution in [0, 0.1) is 5.82 Å². The number of hydrogen-bond acceptors (Lipinski definition) is 6. The average molecular weight is 422 g/mol. The number of aliphatic hydroxyl groups excluding tert-OH is 1. The van der Waals surface area contributed by atoms with E-state index in [9.17, 15) is 9.50 Å². The summed E-state index contributed by atoms with van der Waals surface area (Å²) in [6.45, 7) is 1.18. The molecule has 0 radical (unpaired) electrons. The minimum absolute atomic E-state index is 0.162. The molecule has 0 amide bonds. The summed E-state index contributed by atoms with van der Waals surface area (Å²) in [4.78, 5) is 0. The predicted molar refractivity (Wildman–Crippen MR) is 116 cm³/mol. The second kappa shape index (κ2) is 9.59. The fraction of sp³-hybridized carbons (Fsp3) is 0.208. The third-order valence-electron chi connectivity index (χ3n) is 4.84. The number of fused-ring (bicyclic) bond motifs is 1. The van der Waals surface area contributed by atoms with Gasteiger partial charge in [-0.2, -0.15) is 0 Å². The van der Waals surface area contributed by atoms with Crippen LogP contribution in [0.15, 0.2) is 71.3 Å². The second-order valence-corrected chi connectivity index (χ2v) is 7.14. The second-order valence-electron chi connectivity index (χ2n) is 7.14. The van der Waals surface area contributed by atoms with Gasteiger partial charge in [-0.3, -0.25) is 0 Å². The highest BCUT2D eigenvalue weighted by Crippen LogP contribution is 2.30. The number of nitrogens with one attached hydrogen (secondary N) is 1. The largest absolute Gasteiger partial charge is 0.497 e. The summed E-state index contributed by atoms with van der Waals surface area (Å²) in [7, 11) is 1.63. The quantitative estimate of drug-likeness (QED) is 0.422. The summed E-state index contributed by atoms with van der Waals surface area (Å²) < 4.78 is 29.6. The van der Waals surface area contributed by atoms with Crippen molar-refractivity contribution in [2.75, 3.05) is 20.3 Å². The van der Waals surface area contributed by atoms with Gasteiger partial charge in [0, 0.05) is 30.1 Å². The lowest BCUT2D eigenvalue weighted by Crippen LogP contribution is -2.31. The molecule has 160 valence electrons. The zero-order valence-electron chi connectivity index (χ0n) is 17.0. The molecule has 3 aromatic carbocycles. The fourth-order valence-corrected chi connectivity index (χ4v) is 3.24. The Hall–Kier alpha value is -3.42. The molecule has 1 atom stereocenters. The zero-order chi connectivity index (χ0) is 21.6. The third kappa shape index (κ3) is 5.20. The number of halogens is 1. The summed E-state index contributed by atoms with van der Waals surface area (Å²) in [5, 5.41) is 18.0. The number of aromatic nitrogens is 1. The van der Waals surface area contributed by atoms with Gasteiger partial charge in [-0.15, -0.1) is 0 Å². The molecular weight excluding hydrogens is 399 g/mol. The van der Waals surface area contributed by atoms with Crippen molar-refractivity contribution in [3.05, 3.63) is 78.1 Å².